The summed E-state index contributed by atoms with van der Waals surface area (Å²) in [5.74, 6) is 0.523. The molecular formula is C18H30O5. The molecule has 2 aliphatic heterocycles. The number of aliphatic hydroxyl groups excluding tert-OH is 1. The molecule has 0 aromatic rings. The van der Waals surface area contributed by atoms with Crippen molar-refractivity contribution in [2.24, 2.45) is 17.3 Å². The number of rotatable bonds is 7. The highest BCUT2D eigenvalue weighted by Gasteiger charge is 2.53. The molecule has 0 spiro atoms. The van der Waals surface area contributed by atoms with Crippen LogP contribution in [0.1, 0.15) is 59.3 Å². The lowest BCUT2D eigenvalue weighted by atomic mass is 9.65. The fourth-order valence-electron chi connectivity index (χ4n) is 4.37. The zero-order chi connectivity index (χ0) is 16.7. The maximum absolute atomic E-state index is 12.0. The number of ether oxygens (including phenoxy) is 3. The summed E-state index contributed by atoms with van der Waals surface area (Å²) in [5, 5.41) is 10.1. The van der Waals surface area contributed by atoms with Crippen molar-refractivity contribution in [1.82, 2.24) is 0 Å². The van der Waals surface area contributed by atoms with Gasteiger partial charge in [0, 0.05) is 11.8 Å². The SMILES string of the molecule is CCC(C)(C)C(O)OCCOC12CC3CC(C1)OC(=O)C(C3)C2. The van der Waals surface area contributed by atoms with Gasteiger partial charge in [0.25, 0.3) is 0 Å². The fraction of sp³-hybridized carbons (Fsp3) is 0.944. The van der Waals surface area contributed by atoms with Crippen LogP contribution >= 0.6 is 0 Å². The number of hydrogen-bond acceptors (Lipinski definition) is 5. The molecule has 4 aliphatic rings. The number of carbonyl (C=O) groups excluding carboxylic acids is 1. The highest BCUT2D eigenvalue weighted by molar-refractivity contribution is 5.73. The van der Waals surface area contributed by atoms with Crippen LogP contribution < -0.4 is 0 Å². The predicted molar refractivity (Wildman–Crippen MR) is 84.7 cm³/mol. The van der Waals surface area contributed by atoms with E-state index in [1.165, 1.54) is 0 Å². The molecule has 0 amide bonds. The smallest absolute Gasteiger partial charge is 0.309 e. The number of hydrogen-bond donors (Lipinski definition) is 1. The molecule has 5 nitrogen and oxygen atoms in total. The van der Waals surface area contributed by atoms with Gasteiger partial charge < -0.3 is 19.3 Å². The molecule has 4 rings (SSSR count). The van der Waals surface area contributed by atoms with Gasteiger partial charge >= 0.3 is 5.97 Å². The first kappa shape index (κ1) is 17.2. The van der Waals surface area contributed by atoms with Gasteiger partial charge in [0.1, 0.15) is 6.10 Å². The van der Waals surface area contributed by atoms with Gasteiger partial charge in [-0.3, -0.25) is 4.79 Å². The fourth-order valence-corrected chi connectivity index (χ4v) is 4.37. The second kappa shape index (κ2) is 6.34. The van der Waals surface area contributed by atoms with Gasteiger partial charge in [0.15, 0.2) is 6.29 Å². The first-order chi connectivity index (χ1) is 10.8. The summed E-state index contributed by atoms with van der Waals surface area (Å²) in [5.41, 5.74) is -0.477. The van der Waals surface area contributed by atoms with E-state index < -0.39 is 6.29 Å². The summed E-state index contributed by atoms with van der Waals surface area (Å²) in [4.78, 5) is 12.0. The standard InChI is InChI=1S/C18H30O5/c1-4-17(2,3)16(20)21-5-6-22-18-9-12-7-13(10-18)15(19)23-14(8-12)11-18/h12-14,16,20H,4-11H2,1-3H3. The summed E-state index contributed by atoms with van der Waals surface area (Å²) in [7, 11) is 0. The van der Waals surface area contributed by atoms with Crippen molar-refractivity contribution < 1.29 is 24.1 Å². The molecule has 1 N–H and O–H groups in total. The third kappa shape index (κ3) is 3.57. The molecule has 0 aromatic heterocycles. The number of carbonyl (C=O) groups is 1. The van der Waals surface area contributed by atoms with Crippen LogP contribution in [0.15, 0.2) is 0 Å². The van der Waals surface area contributed by atoms with Crippen LogP contribution in [0.3, 0.4) is 0 Å². The normalized spacial score (nSPS) is 37.6. The lowest BCUT2D eigenvalue weighted by Crippen LogP contribution is -2.47. The first-order valence-electron chi connectivity index (χ1n) is 8.98. The lowest BCUT2D eigenvalue weighted by molar-refractivity contribution is -0.190. The summed E-state index contributed by atoms with van der Waals surface area (Å²) in [6.45, 7) is 6.85. The van der Waals surface area contributed by atoms with Crippen LogP contribution in [-0.4, -0.2) is 42.3 Å². The number of esters is 1. The Balaban J connectivity index is 1.52. The third-order valence-electron chi connectivity index (χ3n) is 6.06. The number of fused-ring (bicyclic) bond motifs is 1. The summed E-state index contributed by atoms with van der Waals surface area (Å²) >= 11 is 0. The van der Waals surface area contributed by atoms with Crippen LogP contribution in [0.4, 0.5) is 0 Å². The van der Waals surface area contributed by atoms with E-state index in [-0.39, 0.29) is 29.0 Å². The average molecular weight is 326 g/mol. The minimum Gasteiger partial charge on any atom is -0.462 e. The molecule has 5 heteroatoms. The van der Waals surface area contributed by atoms with Gasteiger partial charge in [0.05, 0.1) is 24.7 Å². The molecule has 5 unspecified atom stereocenters. The molecule has 2 saturated carbocycles. The summed E-state index contributed by atoms with van der Waals surface area (Å²) in [6, 6.07) is 0. The van der Waals surface area contributed by atoms with Gasteiger partial charge in [-0.2, -0.15) is 0 Å². The minimum absolute atomic E-state index is 0.00628. The molecule has 4 bridgehead atoms. The van der Waals surface area contributed by atoms with Crippen molar-refractivity contribution >= 4 is 5.97 Å². The van der Waals surface area contributed by atoms with Gasteiger partial charge in [-0.15, -0.1) is 0 Å². The summed E-state index contributed by atoms with van der Waals surface area (Å²) < 4.78 is 17.3. The molecule has 132 valence electrons. The van der Waals surface area contributed by atoms with E-state index >= 15 is 0 Å². The Kier molecular flexibility index (Phi) is 4.73. The van der Waals surface area contributed by atoms with Crippen LogP contribution in [0, 0.1) is 17.3 Å². The van der Waals surface area contributed by atoms with Crippen molar-refractivity contribution in [3.8, 4) is 0 Å². The van der Waals surface area contributed by atoms with Crippen LogP contribution in [0.25, 0.3) is 0 Å². The third-order valence-corrected chi connectivity index (χ3v) is 6.06. The van der Waals surface area contributed by atoms with Crippen LogP contribution in [-0.2, 0) is 19.0 Å². The molecule has 2 heterocycles. The van der Waals surface area contributed by atoms with Gasteiger partial charge in [-0.05, 0) is 38.0 Å². The van der Waals surface area contributed by atoms with Crippen molar-refractivity contribution in [1.29, 1.82) is 0 Å². The highest BCUT2D eigenvalue weighted by atomic mass is 16.6. The maximum atomic E-state index is 12.0. The lowest BCUT2D eigenvalue weighted by Gasteiger charge is -2.46. The molecule has 5 atom stereocenters. The topological polar surface area (TPSA) is 65.0 Å². The molecule has 0 radical (unpaired) electrons. The Labute approximate surface area is 138 Å². The summed E-state index contributed by atoms with van der Waals surface area (Å²) in [6.07, 6.45) is 4.67. The second-order valence-corrected chi connectivity index (χ2v) is 8.30. The molecule has 2 aliphatic carbocycles. The van der Waals surface area contributed by atoms with Crippen molar-refractivity contribution in [3.63, 3.8) is 0 Å². The van der Waals surface area contributed by atoms with E-state index in [4.69, 9.17) is 14.2 Å². The molecule has 2 saturated heterocycles. The first-order valence-corrected chi connectivity index (χ1v) is 8.98. The molecule has 23 heavy (non-hydrogen) atoms. The largest absolute Gasteiger partial charge is 0.462 e. The molecular weight excluding hydrogens is 296 g/mol. The van der Waals surface area contributed by atoms with E-state index in [9.17, 15) is 9.90 Å². The van der Waals surface area contributed by atoms with E-state index in [0.717, 1.165) is 38.5 Å². The van der Waals surface area contributed by atoms with E-state index in [1.807, 2.05) is 20.8 Å². The van der Waals surface area contributed by atoms with Gasteiger partial charge in [-0.25, -0.2) is 0 Å². The van der Waals surface area contributed by atoms with Crippen molar-refractivity contribution in [2.75, 3.05) is 13.2 Å². The Hall–Kier alpha value is -0.650. The Morgan fingerprint density at radius 1 is 1.30 bits per heavy atom. The maximum Gasteiger partial charge on any atom is 0.309 e. The zero-order valence-electron chi connectivity index (χ0n) is 14.5. The number of aliphatic hydroxyl groups is 1. The van der Waals surface area contributed by atoms with Crippen LogP contribution in [0.2, 0.25) is 0 Å². The molecule has 0 aromatic carbocycles. The van der Waals surface area contributed by atoms with Crippen molar-refractivity contribution in [2.45, 2.75) is 77.3 Å². The van der Waals surface area contributed by atoms with Crippen molar-refractivity contribution in [3.05, 3.63) is 0 Å². The van der Waals surface area contributed by atoms with E-state index in [1.54, 1.807) is 0 Å². The van der Waals surface area contributed by atoms with E-state index in [2.05, 4.69) is 0 Å². The van der Waals surface area contributed by atoms with Gasteiger partial charge in [-0.1, -0.05) is 20.8 Å². The highest BCUT2D eigenvalue weighted by Crippen LogP contribution is 2.51. The quantitative estimate of drug-likeness (QED) is 0.443. The predicted octanol–water partition coefficient (Wildman–Crippen LogP) is 2.65. The average Bonchev–Trinajstić information content (AvgIpc) is 2.65. The monoisotopic (exact) mass is 326 g/mol. The second-order valence-electron chi connectivity index (χ2n) is 8.30. The zero-order valence-corrected chi connectivity index (χ0v) is 14.5. The Morgan fingerprint density at radius 2 is 2.09 bits per heavy atom. The Morgan fingerprint density at radius 3 is 2.83 bits per heavy atom. The van der Waals surface area contributed by atoms with Gasteiger partial charge in [0.2, 0.25) is 0 Å². The Bertz CT molecular complexity index is 449. The minimum atomic E-state index is -0.778. The van der Waals surface area contributed by atoms with E-state index in [0.29, 0.717) is 19.1 Å². The molecule has 4 fully saturated rings. The van der Waals surface area contributed by atoms with Crippen LogP contribution in [0.5, 0.6) is 0 Å².